The lowest BCUT2D eigenvalue weighted by atomic mass is 9.94. The van der Waals surface area contributed by atoms with Gasteiger partial charge in [0, 0.05) is 37.8 Å². The molecule has 2 N–H and O–H groups in total. The van der Waals surface area contributed by atoms with Crippen LogP contribution in [0.3, 0.4) is 0 Å². The average molecular weight is 351 g/mol. The van der Waals surface area contributed by atoms with Crippen LogP contribution in [0.5, 0.6) is 11.5 Å². The van der Waals surface area contributed by atoms with E-state index < -0.39 is 0 Å². The van der Waals surface area contributed by atoms with Crippen molar-refractivity contribution in [3.8, 4) is 11.5 Å². The van der Waals surface area contributed by atoms with Crippen LogP contribution in [0.2, 0.25) is 0 Å². The quantitative estimate of drug-likeness (QED) is 0.855. The zero-order valence-electron chi connectivity index (χ0n) is 13.5. The van der Waals surface area contributed by atoms with Crippen molar-refractivity contribution < 1.29 is 9.84 Å². The fourth-order valence-electron chi connectivity index (χ4n) is 2.84. The van der Waals surface area contributed by atoms with Crippen molar-refractivity contribution in [3.05, 3.63) is 23.8 Å². The maximum absolute atomic E-state index is 10.2. The van der Waals surface area contributed by atoms with Gasteiger partial charge in [0.05, 0.1) is 7.11 Å². The first-order chi connectivity index (χ1) is 9.61. The van der Waals surface area contributed by atoms with Gasteiger partial charge in [-0.1, -0.05) is 13.8 Å². The van der Waals surface area contributed by atoms with Gasteiger partial charge in [0.1, 0.15) is 11.5 Å². The Morgan fingerprint density at radius 3 is 2.41 bits per heavy atom. The van der Waals surface area contributed by atoms with Gasteiger partial charge in [0.25, 0.3) is 0 Å². The van der Waals surface area contributed by atoms with E-state index in [-0.39, 0.29) is 30.9 Å². The highest BCUT2D eigenvalue weighted by molar-refractivity contribution is 5.85. The third-order valence-corrected chi connectivity index (χ3v) is 3.88. The van der Waals surface area contributed by atoms with Gasteiger partial charge < -0.3 is 15.2 Å². The standard InChI is InChI=1S/C16H26N2O2.2ClH/c1-12(2)10-15(18-8-6-17-7-9-18)14-11-13(20-3)4-5-16(14)19;;/h4-5,11-12,15,17,19H,6-10H2,1-3H3;2*1H/t15-;;/m1../s1. The molecule has 0 saturated carbocycles. The highest BCUT2D eigenvalue weighted by Gasteiger charge is 2.25. The number of benzene rings is 1. The topological polar surface area (TPSA) is 44.7 Å². The predicted octanol–water partition coefficient (Wildman–Crippen LogP) is 3.24. The highest BCUT2D eigenvalue weighted by Crippen LogP contribution is 2.35. The molecule has 1 aromatic carbocycles. The molecular formula is C16H28Cl2N2O2. The van der Waals surface area contributed by atoms with E-state index in [0.29, 0.717) is 11.7 Å². The molecular weight excluding hydrogens is 323 g/mol. The van der Waals surface area contributed by atoms with Crippen molar-refractivity contribution in [3.63, 3.8) is 0 Å². The minimum atomic E-state index is 0. The number of methoxy groups -OCH3 is 1. The van der Waals surface area contributed by atoms with E-state index in [1.165, 1.54) is 0 Å². The van der Waals surface area contributed by atoms with Crippen LogP contribution in [0.4, 0.5) is 0 Å². The molecule has 1 aromatic rings. The molecule has 1 aliphatic rings. The number of piperazine rings is 1. The Morgan fingerprint density at radius 1 is 1.23 bits per heavy atom. The largest absolute Gasteiger partial charge is 0.508 e. The van der Waals surface area contributed by atoms with Gasteiger partial charge >= 0.3 is 0 Å². The molecule has 1 heterocycles. The summed E-state index contributed by atoms with van der Waals surface area (Å²) in [5.74, 6) is 1.76. The van der Waals surface area contributed by atoms with Crippen molar-refractivity contribution in [1.82, 2.24) is 10.2 Å². The summed E-state index contributed by atoms with van der Waals surface area (Å²) >= 11 is 0. The van der Waals surface area contributed by atoms with Crippen LogP contribution in [-0.4, -0.2) is 43.3 Å². The molecule has 2 rings (SSSR count). The van der Waals surface area contributed by atoms with Crippen molar-refractivity contribution in [2.24, 2.45) is 5.92 Å². The maximum Gasteiger partial charge on any atom is 0.120 e. The molecule has 1 aliphatic heterocycles. The van der Waals surface area contributed by atoms with E-state index in [9.17, 15) is 5.11 Å². The van der Waals surface area contributed by atoms with Gasteiger partial charge in [-0.25, -0.2) is 0 Å². The van der Waals surface area contributed by atoms with E-state index >= 15 is 0 Å². The predicted molar refractivity (Wildman–Crippen MR) is 95.8 cm³/mol. The number of hydrogen-bond donors (Lipinski definition) is 2. The van der Waals surface area contributed by atoms with Crippen molar-refractivity contribution in [2.75, 3.05) is 33.3 Å². The minimum absolute atomic E-state index is 0. The van der Waals surface area contributed by atoms with E-state index in [1.807, 2.05) is 12.1 Å². The number of rotatable bonds is 5. The molecule has 1 atom stereocenters. The van der Waals surface area contributed by atoms with Crippen molar-refractivity contribution >= 4 is 24.8 Å². The van der Waals surface area contributed by atoms with E-state index in [1.54, 1.807) is 13.2 Å². The van der Waals surface area contributed by atoms with E-state index in [0.717, 1.165) is 43.9 Å². The van der Waals surface area contributed by atoms with E-state index in [2.05, 4.69) is 24.1 Å². The monoisotopic (exact) mass is 350 g/mol. The molecule has 1 saturated heterocycles. The molecule has 0 unspecified atom stereocenters. The summed E-state index contributed by atoms with van der Waals surface area (Å²) in [5, 5.41) is 13.6. The Hall–Kier alpha value is -0.680. The molecule has 0 amide bonds. The Labute approximate surface area is 146 Å². The van der Waals surface area contributed by atoms with Crippen LogP contribution in [-0.2, 0) is 0 Å². The van der Waals surface area contributed by atoms with Crippen molar-refractivity contribution in [1.29, 1.82) is 0 Å². The first kappa shape index (κ1) is 21.3. The highest BCUT2D eigenvalue weighted by atomic mass is 35.5. The summed E-state index contributed by atoms with van der Waals surface area (Å²) in [5.41, 5.74) is 0.986. The molecule has 0 bridgehead atoms. The lowest BCUT2D eigenvalue weighted by Gasteiger charge is -2.36. The average Bonchev–Trinajstić information content (AvgIpc) is 2.46. The lowest BCUT2D eigenvalue weighted by Crippen LogP contribution is -2.45. The second kappa shape index (κ2) is 10.2. The zero-order valence-corrected chi connectivity index (χ0v) is 15.2. The van der Waals surface area contributed by atoms with Gasteiger partial charge in [-0.3, -0.25) is 4.90 Å². The molecule has 1 fully saturated rings. The lowest BCUT2D eigenvalue weighted by molar-refractivity contribution is 0.151. The summed E-state index contributed by atoms with van der Waals surface area (Å²) < 4.78 is 5.31. The summed E-state index contributed by atoms with van der Waals surface area (Å²) in [6.07, 6.45) is 1.04. The molecule has 128 valence electrons. The Bertz CT molecular complexity index is 438. The third-order valence-electron chi connectivity index (χ3n) is 3.88. The van der Waals surface area contributed by atoms with Crippen LogP contribution in [0.1, 0.15) is 31.9 Å². The van der Waals surface area contributed by atoms with E-state index in [4.69, 9.17) is 4.74 Å². The number of ether oxygens (including phenoxy) is 1. The fraction of sp³-hybridized carbons (Fsp3) is 0.625. The summed E-state index contributed by atoms with van der Waals surface area (Å²) in [6.45, 7) is 8.53. The van der Waals surface area contributed by atoms with Gasteiger partial charge in [-0.2, -0.15) is 0 Å². The second-order valence-electron chi connectivity index (χ2n) is 5.86. The number of hydrogen-bond acceptors (Lipinski definition) is 4. The summed E-state index contributed by atoms with van der Waals surface area (Å²) in [4.78, 5) is 2.46. The maximum atomic E-state index is 10.2. The number of phenolic OH excluding ortho intramolecular Hbond substituents is 1. The molecule has 4 nitrogen and oxygen atoms in total. The molecule has 0 aromatic heterocycles. The fourth-order valence-corrected chi connectivity index (χ4v) is 2.84. The van der Waals surface area contributed by atoms with Crippen LogP contribution < -0.4 is 10.1 Å². The number of nitrogens with one attached hydrogen (secondary N) is 1. The molecule has 22 heavy (non-hydrogen) atoms. The molecule has 6 heteroatoms. The van der Waals surface area contributed by atoms with Crippen molar-refractivity contribution in [2.45, 2.75) is 26.3 Å². The SMILES string of the molecule is COc1ccc(O)c([C@@H](CC(C)C)N2CCNCC2)c1.Cl.Cl. The molecule has 0 spiro atoms. The Balaban J connectivity index is 0.00000220. The summed E-state index contributed by atoms with van der Waals surface area (Å²) in [7, 11) is 1.67. The Kier molecular flexibility index (Phi) is 9.85. The van der Waals surface area contributed by atoms with Crippen LogP contribution >= 0.6 is 24.8 Å². The number of aromatic hydroxyl groups is 1. The smallest absolute Gasteiger partial charge is 0.120 e. The van der Waals surface area contributed by atoms with Crippen LogP contribution in [0.25, 0.3) is 0 Å². The number of halogens is 2. The van der Waals surface area contributed by atoms with Gasteiger partial charge in [-0.15, -0.1) is 24.8 Å². The second-order valence-corrected chi connectivity index (χ2v) is 5.86. The molecule has 0 aliphatic carbocycles. The van der Waals surface area contributed by atoms with Gasteiger partial charge in [0.2, 0.25) is 0 Å². The summed E-state index contributed by atoms with van der Waals surface area (Å²) in [6, 6.07) is 5.78. The first-order valence-electron chi connectivity index (χ1n) is 7.43. The number of phenols is 1. The van der Waals surface area contributed by atoms with Crippen LogP contribution in [0, 0.1) is 5.92 Å². The first-order valence-corrected chi connectivity index (χ1v) is 7.43. The van der Waals surface area contributed by atoms with Crippen LogP contribution in [0.15, 0.2) is 18.2 Å². The zero-order chi connectivity index (χ0) is 14.5. The molecule has 0 radical (unpaired) electrons. The van der Waals surface area contributed by atoms with Gasteiger partial charge in [-0.05, 0) is 30.5 Å². The third kappa shape index (κ3) is 5.51. The Morgan fingerprint density at radius 2 is 1.86 bits per heavy atom. The minimum Gasteiger partial charge on any atom is -0.508 e. The number of nitrogens with zero attached hydrogens (tertiary/aromatic N) is 1. The normalized spacial score (nSPS) is 16.5. The van der Waals surface area contributed by atoms with Gasteiger partial charge in [0.15, 0.2) is 0 Å².